The first-order valence-corrected chi connectivity index (χ1v) is 11.3. The number of nitrogens with zero attached hydrogens (tertiary/aromatic N) is 2. The Morgan fingerprint density at radius 1 is 0.900 bits per heavy atom. The molecule has 0 aliphatic heterocycles. The molecule has 1 heterocycles. The largest absolute Gasteiger partial charge is 0.325 e. The topological polar surface area (TPSA) is 84.0 Å². The number of aromatic nitrogens is 2. The smallest absolute Gasteiger partial charge is 0.257 e. The quantitative estimate of drug-likeness (QED) is 0.413. The number of carbonyl (C=O) groups is 2. The molecule has 0 saturated carbocycles. The monoisotopic (exact) mass is 440 g/mol. The first-order chi connectivity index (χ1) is 14.2. The Bertz CT molecular complexity index is 1090. The van der Waals surface area contributed by atoms with Crippen LogP contribution in [0.25, 0.3) is 0 Å². The van der Waals surface area contributed by atoms with Crippen molar-refractivity contribution in [1.82, 2.24) is 10.2 Å². The van der Waals surface area contributed by atoms with E-state index in [9.17, 15) is 9.59 Å². The van der Waals surface area contributed by atoms with Crippen LogP contribution in [0.2, 0.25) is 0 Å². The number of benzene rings is 2. The SMILES string of the molecule is Cc1cc(C)c(NC(=O)CSc2nnc(NC(=O)c3ccc(C)c(C)c3)s2)c(C)c1. The predicted molar refractivity (Wildman–Crippen MR) is 124 cm³/mol. The van der Waals surface area contributed by atoms with Crippen LogP contribution in [0.1, 0.15) is 38.2 Å². The lowest BCUT2D eigenvalue weighted by molar-refractivity contribution is -0.113. The number of nitrogens with one attached hydrogen (secondary N) is 2. The summed E-state index contributed by atoms with van der Waals surface area (Å²) in [5.74, 6) is -0.119. The minimum absolute atomic E-state index is 0.106. The summed E-state index contributed by atoms with van der Waals surface area (Å²) in [5.41, 5.74) is 6.87. The van der Waals surface area contributed by atoms with Crippen molar-refractivity contribution in [3.05, 3.63) is 63.7 Å². The number of hydrogen-bond acceptors (Lipinski definition) is 6. The zero-order valence-electron chi connectivity index (χ0n) is 17.6. The zero-order chi connectivity index (χ0) is 21.8. The first kappa shape index (κ1) is 22.0. The Morgan fingerprint density at radius 2 is 1.60 bits per heavy atom. The molecule has 0 radical (unpaired) electrons. The van der Waals surface area contributed by atoms with Gasteiger partial charge in [-0.2, -0.15) is 0 Å². The molecule has 0 fully saturated rings. The fourth-order valence-electron chi connectivity index (χ4n) is 3.05. The van der Waals surface area contributed by atoms with E-state index in [1.54, 1.807) is 6.07 Å². The van der Waals surface area contributed by atoms with Crippen LogP contribution in [0.4, 0.5) is 10.8 Å². The van der Waals surface area contributed by atoms with Crippen LogP contribution >= 0.6 is 23.1 Å². The van der Waals surface area contributed by atoms with Crippen LogP contribution in [0, 0.1) is 34.6 Å². The lowest BCUT2D eigenvalue weighted by atomic mass is 10.1. The fourth-order valence-corrected chi connectivity index (χ4v) is 4.60. The summed E-state index contributed by atoms with van der Waals surface area (Å²) in [7, 11) is 0. The third-order valence-corrected chi connectivity index (χ3v) is 6.64. The minimum Gasteiger partial charge on any atom is -0.325 e. The Morgan fingerprint density at radius 3 is 2.27 bits per heavy atom. The Hall–Kier alpha value is -2.71. The normalized spacial score (nSPS) is 10.7. The molecule has 0 unspecified atom stereocenters. The van der Waals surface area contributed by atoms with Crippen LogP contribution < -0.4 is 10.6 Å². The highest BCUT2D eigenvalue weighted by atomic mass is 32.2. The van der Waals surface area contributed by atoms with E-state index in [1.165, 1.54) is 28.7 Å². The highest BCUT2D eigenvalue weighted by Crippen LogP contribution is 2.27. The number of anilines is 2. The van der Waals surface area contributed by atoms with E-state index in [2.05, 4.69) is 20.8 Å². The number of carbonyl (C=O) groups excluding carboxylic acids is 2. The van der Waals surface area contributed by atoms with Crippen molar-refractivity contribution in [2.75, 3.05) is 16.4 Å². The van der Waals surface area contributed by atoms with Gasteiger partial charge in [0.1, 0.15) is 0 Å². The second-order valence-corrected chi connectivity index (χ2v) is 9.44. The van der Waals surface area contributed by atoms with Gasteiger partial charge in [0.2, 0.25) is 11.0 Å². The molecule has 3 rings (SSSR count). The van der Waals surface area contributed by atoms with Gasteiger partial charge >= 0.3 is 0 Å². The molecule has 0 spiro atoms. The third-order valence-electron chi connectivity index (χ3n) is 4.66. The molecular weight excluding hydrogens is 416 g/mol. The van der Waals surface area contributed by atoms with E-state index in [-0.39, 0.29) is 17.6 Å². The molecule has 6 nitrogen and oxygen atoms in total. The first-order valence-electron chi connectivity index (χ1n) is 9.45. The third kappa shape index (κ3) is 5.46. The summed E-state index contributed by atoms with van der Waals surface area (Å²) >= 11 is 2.54. The Labute approximate surface area is 184 Å². The maximum atomic E-state index is 12.4. The van der Waals surface area contributed by atoms with Crippen LogP contribution in [0.5, 0.6) is 0 Å². The average Bonchev–Trinajstić information content (AvgIpc) is 3.12. The standard InChI is InChI=1S/C22H24N4O2S2/c1-12-8-15(4)19(16(5)9-12)23-18(27)11-29-22-26-25-21(30-22)24-20(28)17-7-6-13(2)14(3)10-17/h6-10H,11H2,1-5H3,(H,23,27)(H,24,25,28). The van der Waals surface area contributed by atoms with Crippen molar-refractivity contribution in [2.45, 2.75) is 39.0 Å². The summed E-state index contributed by atoms with van der Waals surface area (Å²) in [4.78, 5) is 24.8. The maximum Gasteiger partial charge on any atom is 0.257 e. The molecule has 1 aromatic heterocycles. The van der Waals surface area contributed by atoms with Crippen LogP contribution in [-0.2, 0) is 4.79 Å². The minimum atomic E-state index is -0.228. The van der Waals surface area contributed by atoms with E-state index in [1.807, 2.05) is 58.9 Å². The molecule has 3 aromatic rings. The van der Waals surface area contributed by atoms with Crippen LogP contribution in [0.3, 0.4) is 0 Å². The van der Waals surface area contributed by atoms with Crippen molar-refractivity contribution >= 4 is 45.7 Å². The zero-order valence-corrected chi connectivity index (χ0v) is 19.3. The van der Waals surface area contributed by atoms with Gasteiger partial charge in [0.25, 0.3) is 5.91 Å². The lowest BCUT2D eigenvalue weighted by Gasteiger charge is -2.12. The molecule has 0 bridgehead atoms. The van der Waals surface area contributed by atoms with E-state index in [0.29, 0.717) is 15.0 Å². The second-order valence-electron chi connectivity index (χ2n) is 7.24. The molecule has 0 saturated heterocycles. The van der Waals surface area contributed by atoms with E-state index in [4.69, 9.17) is 0 Å². The predicted octanol–water partition coefficient (Wildman–Crippen LogP) is 5.06. The van der Waals surface area contributed by atoms with Gasteiger partial charge in [-0.3, -0.25) is 14.9 Å². The Balaban J connectivity index is 1.56. The van der Waals surface area contributed by atoms with Crippen molar-refractivity contribution in [3.8, 4) is 0 Å². The molecule has 2 N–H and O–H groups in total. The summed E-state index contributed by atoms with van der Waals surface area (Å²) in [6.45, 7) is 9.97. The number of thioether (sulfide) groups is 1. The highest BCUT2D eigenvalue weighted by Gasteiger charge is 2.13. The number of hydrogen-bond donors (Lipinski definition) is 2. The van der Waals surface area contributed by atoms with Gasteiger partial charge < -0.3 is 5.32 Å². The maximum absolute atomic E-state index is 12.4. The molecule has 0 atom stereocenters. The van der Waals surface area contributed by atoms with Gasteiger partial charge in [0, 0.05) is 11.3 Å². The van der Waals surface area contributed by atoms with Crippen molar-refractivity contribution in [2.24, 2.45) is 0 Å². The van der Waals surface area contributed by atoms with Gasteiger partial charge in [-0.25, -0.2) is 0 Å². The van der Waals surface area contributed by atoms with Gasteiger partial charge in [0.05, 0.1) is 5.75 Å². The summed E-state index contributed by atoms with van der Waals surface area (Å²) in [6.07, 6.45) is 0. The molecule has 0 aliphatic rings. The van der Waals surface area contributed by atoms with Gasteiger partial charge in [0.15, 0.2) is 4.34 Å². The van der Waals surface area contributed by atoms with Crippen molar-refractivity contribution in [3.63, 3.8) is 0 Å². The summed E-state index contributed by atoms with van der Waals surface area (Å²) in [5, 5.41) is 14.2. The molecular formula is C22H24N4O2S2. The second kappa shape index (κ2) is 9.40. The molecule has 2 amide bonds. The summed E-state index contributed by atoms with van der Waals surface area (Å²) in [6, 6.07) is 9.65. The molecule has 2 aromatic carbocycles. The van der Waals surface area contributed by atoms with E-state index >= 15 is 0 Å². The van der Waals surface area contributed by atoms with Crippen molar-refractivity contribution in [1.29, 1.82) is 0 Å². The van der Waals surface area contributed by atoms with E-state index < -0.39 is 0 Å². The van der Waals surface area contributed by atoms with Gasteiger partial charge in [-0.05, 0) is 69.0 Å². The molecule has 30 heavy (non-hydrogen) atoms. The summed E-state index contributed by atoms with van der Waals surface area (Å²) < 4.78 is 0.623. The fraction of sp³-hybridized carbons (Fsp3) is 0.273. The number of rotatable bonds is 6. The molecule has 156 valence electrons. The number of aryl methyl sites for hydroxylation is 5. The van der Waals surface area contributed by atoms with E-state index in [0.717, 1.165) is 27.9 Å². The Kier molecular flexibility index (Phi) is 6.89. The lowest BCUT2D eigenvalue weighted by Crippen LogP contribution is -2.15. The van der Waals surface area contributed by atoms with Crippen LogP contribution in [0.15, 0.2) is 34.7 Å². The van der Waals surface area contributed by atoms with Crippen molar-refractivity contribution < 1.29 is 9.59 Å². The molecule has 0 aliphatic carbocycles. The van der Waals surface area contributed by atoms with Gasteiger partial charge in [-0.1, -0.05) is 46.9 Å². The average molecular weight is 441 g/mol. The van der Waals surface area contributed by atoms with Gasteiger partial charge in [-0.15, -0.1) is 10.2 Å². The molecule has 8 heteroatoms. The highest BCUT2D eigenvalue weighted by molar-refractivity contribution is 8.01. The van der Waals surface area contributed by atoms with Crippen LogP contribution in [-0.4, -0.2) is 27.8 Å². The number of amides is 2.